The first kappa shape index (κ1) is 24.7. The van der Waals surface area contributed by atoms with Crippen molar-refractivity contribution in [2.24, 2.45) is 0 Å². The molecule has 0 aliphatic heterocycles. The molecule has 4 heteroatoms. The minimum Gasteiger partial charge on any atom is -0.512 e. The average Bonchev–Trinajstić information content (AvgIpc) is 2.60. The summed E-state index contributed by atoms with van der Waals surface area (Å²) in [6.07, 6.45) is 2.23. The van der Waals surface area contributed by atoms with Gasteiger partial charge in [-0.3, -0.25) is 9.78 Å². The van der Waals surface area contributed by atoms with Gasteiger partial charge >= 0.3 is 0 Å². The fourth-order valence-electron chi connectivity index (χ4n) is 3.17. The number of nitrogens with zero attached hydrogens (tertiary/aromatic N) is 1. The second-order valence-corrected chi connectivity index (χ2v) is 7.15. The topological polar surface area (TPSA) is 50.2 Å². The Morgan fingerprint density at radius 3 is 2.31 bits per heavy atom. The average molecular weight is 567 g/mol. The Kier molecular flexibility index (Phi) is 9.42. The molecule has 1 aromatic heterocycles. The van der Waals surface area contributed by atoms with Crippen molar-refractivity contribution < 1.29 is 30.0 Å². The number of aromatic nitrogens is 1. The maximum atomic E-state index is 10.0. The van der Waals surface area contributed by atoms with Gasteiger partial charge in [0.1, 0.15) is 0 Å². The Bertz CT molecular complexity index is 1030. The van der Waals surface area contributed by atoms with Crippen LogP contribution in [0.25, 0.3) is 22.2 Å². The van der Waals surface area contributed by atoms with Crippen LogP contribution in [0.3, 0.4) is 0 Å². The van der Waals surface area contributed by atoms with Crippen molar-refractivity contribution in [3.8, 4) is 11.3 Å². The van der Waals surface area contributed by atoms with E-state index in [0.717, 1.165) is 23.2 Å². The molecule has 0 aliphatic rings. The van der Waals surface area contributed by atoms with E-state index in [9.17, 15) is 4.79 Å². The van der Waals surface area contributed by atoms with Crippen molar-refractivity contribution in [3.63, 3.8) is 0 Å². The zero-order valence-electron chi connectivity index (χ0n) is 17.9. The molecule has 0 saturated carbocycles. The van der Waals surface area contributed by atoms with E-state index in [-0.39, 0.29) is 31.6 Å². The largest absolute Gasteiger partial charge is 0.512 e. The van der Waals surface area contributed by atoms with Crippen LogP contribution in [0.5, 0.6) is 0 Å². The van der Waals surface area contributed by atoms with Crippen LogP contribution in [0.4, 0.5) is 0 Å². The van der Waals surface area contributed by atoms with Crippen molar-refractivity contribution >= 4 is 16.7 Å². The molecule has 0 amide bonds. The van der Waals surface area contributed by atoms with Gasteiger partial charge in [-0.2, -0.15) is 0 Å². The van der Waals surface area contributed by atoms with E-state index < -0.39 is 0 Å². The van der Waals surface area contributed by atoms with Gasteiger partial charge in [0.15, 0.2) is 5.78 Å². The van der Waals surface area contributed by atoms with Gasteiger partial charge in [0.25, 0.3) is 0 Å². The van der Waals surface area contributed by atoms with Crippen molar-refractivity contribution in [2.45, 2.75) is 48.0 Å². The van der Waals surface area contributed by atoms with Crippen LogP contribution >= 0.6 is 0 Å². The Labute approximate surface area is 187 Å². The van der Waals surface area contributed by atoms with E-state index in [1.807, 2.05) is 6.07 Å². The second-order valence-electron chi connectivity index (χ2n) is 7.15. The van der Waals surface area contributed by atoms with Crippen LogP contribution in [0, 0.1) is 26.8 Å². The molecular formula is C25H28IrNO2-. The summed E-state index contributed by atoms with van der Waals surface area (Å²) in [5, 5.41) is 9.58. The quantitative estimate of drug-likeness (QED) is 0.233. The van der Waals surface area contributed by atoms with Gasteiger partial charge < -0.3 is 5.11 Å². The molecule has 29 heavy (non-hydrogen) atoms. The molecule has 3 rings (SSSR count). The van der Waals surface area contributed by atoms with Crippen LogP contribution in [-0.2, 0) is 31.3 Å². The molecule has 155 valence electrons. The van der Waals surface area contributed by atoms with Crippen LogP contribution in [0.1, 0.15) is 43.0 Å². The van der Waals surface area contributed by atoms with E-state index in [4.69, 9.17) is 10.1 Å². The fraction of sp³-hybridized carbons (Fsp3) is 0.280. The maximum Gasteiger partial charge on any atom is 0.155 e. The third-order valence-corrected chi connectivity index (χ3v) is 4.48. The molecule has 0 atom stereocenters. The number of allylic oxidation sites excluding steroid dienone is 2. The molecule has 0 bridgehead atoms. The van der Waals surface area contributed by atoms with Gasteiger partial charge in [-0.1, -0.05) is 32.9 Å². The van der Waals surface area contributed by atoms with Gasteiger partial charge in [-0.15, -0.1) is 34.9 Å². The summed E-state index contributed by atoms with van der Waals surface area (Å²) >= 11 is 0. The molecule has 3 aromatic rings. The van der Waals surface area contributed by atoms with E-state index >= 15 is 0 Å². The van der Waals surface area contributed by atoms with Gasteiger partial charge in [0, 0.05) is 26.2 Å². The fourth-order valence-corrected chi connectivity index (χ4v) is 3.17. The number of ketones is 1. The first-order valence-electron chi connectivity index (χ1n) is 9.48. The first-order chi connectivity index (χ1) is 13.2. The summed E-state index contributed by atoms with van der Waals surface area (Å²) in [5.41, 5.74) is 8.34. The van der Waals surface area contributed by atoms with Crippen molar-refractivity contribution in [2.75, 3.05) is 0 Å². The molecule has 1 N–H and O–H groups in total. The van der Waals surface area contributed by atoms with Gasteiger partial charge in [-0.25, -0.2) is 0 Å². The number of carbonyl (C=O) groups excluding carboxylic acids is 1. The molecule has 2 aromatic carbocycles. The Balaban J connectivity index is 0.000000456. The summed E-state index contributed by atoms with van der Waals surface area (Å²) in [4.78, 5) is 14.9. The van der Waals surface area contributed by atoms with E-state index in [1.54, 1.807) is 0 Å². The van der Waals surface area contributed by atoms with Crippen LogP contribution in [0.2, 0.25) is 0 Å². The molecule has 1 heterocycles. The number of carbonyl (C=O) groups is 1. The van der Waals surface area contributed by atoms with Crippen molar-refractivity contribution in [1.82, 2.24) is 4.98 Å². The molecular weight excluding hydrogens is 538 g/mol. The Hall–Kier alpha value is -2.29. The van der Waals surface area contributed by atoms with Crippen molar-refractivity contribution in [3.05, 3.63) is 76.6 Å². The van der Waals surface area contributed by atoms with Gasteiger partial charge in [0.05, 0.1) is 11.3 Å². The number of benzene rings is 2. The van der Waals surface area contributed by atoms with E-state index in [0.29, 0.717) is 0 Å². The number of aryl methyl sites for hydroxylation is 4. The summed E-state index contributed by atoms with van der Waals surface area (Å²) in [6.45, 7) is 11.4. The SMILES string of the molecule is CC(=O)/C=C(/C)O.CCc1cc2ccc(-c3[c-]cc(C)cc3C)nc2cc1C.[Ir]. The van der Waals surface area contributed by atoms with E-state index in [2.05, 4.69) is 64.1 Å². The Morgan fingerprint density at radius 1 is 1.10 bits per heavy atom. The Morgan fingerprint density at radius 2 is 1.79 bits per heavy atom. The molecule has 0 unspecified atom stereocenters. The number of pyridine rings is 1. The van der Waals surface area contributed by atoms with Crippen LogP contribution < -0.4 is 0 Å². The third-order valence-electron chi connectivity index (χ3n) is 4.48. The summed E-state index contributed by atoms with van der Waals surface area (Å²) in [5.74, 6) is -0.0625. The smallest absolute Gasteiger partial charge is 0.155 e. The summed E-state index contributed by atoms with van der Waals surface area (Å²) < 4.78 is 0. The number of aliphatic hydroxyl groups excluding tert-OH is 1. The monoisotopic (exact) mass is 567 g/mol. The number of rotatable bonds is 3. The number of hydrogen-bond acceptors (Lipinski definition) is 3. The number of hydrogen-bond donors (Lipinski definition) is 1. The first-order valence-corrected chi connectivity index (χ1v) is 9.48. The molecule has 1 radical (unpaired) electrons. The third kappa shape index (κ3) is 6.92. The molecule has 3 nitrogen and oxygen atoms in total. The summed E-state index contributed by atoms with van der Waals surface area (Å²) in [7, 11) is 0. The molecule has 0 saturated heterocycles. The van der Waals surface area contributed by atoms with Crippen LogP contribution in [-0.4, -0.2) is 15.9 Å². The standard InChI is InChI=1S/C20H20N.C5H8O2.Ir/c1-5-16-12-17-7-9-19(21-20(17)11-14(16)3)18-8-6-13(2)10-15(18)4;1-4(6)3-5(2)7;/h6-7,9-12H,5H2,1-4H3;3,6H,1-2H3;/q-1;;/b;4-3-;. The molecule has 0 aliphatic carbocycles. The van der Waals surface area contributed by atoms with Gasteiger partial charge in [-0.05, 0) is 61.5 Å². The zero-order chi connectivity index (χ0) is 20.8. The predicted octanol–water partition coefficient (Wildman–Crippen LogP) is 6.22. The van der Waals surface area contributed by atoms with E-state index in [1.165, 1.54) is 47.6 Å². The number of fused-ring (bicyclic) bond motifs is 1. The zero-order valence-corrected chi connectivity index (χ0v) is 20.3. The minimum atomic E-state index is -0.125. The van der Waals surface area contributed by atoms with Crippen molar-refractivity contribution in [1.29, 1.82) is 0 Å². The predicted molar refractivity (Wildman–Crippen MR) is 117 cm³/mol. The minimum absolute atomic E-state index is 0. The molecule has 0 spiro atoms. The normalized spacial score (nSPS) is 10.8. The van der Waals surface area contributed by atoms with Crippen LogP contribution in [0.15, 0.2) is 48.2 Å². The number of aliphatic hydroxyl groups is 1. The maximum absolute atomic E-state index is 10.0. The molecule has 0 fully saturated rings. The van der Waals surface area contributed by atoms with Gasteiger partial charge in [0.2, 0.25) is 0 Å². The summed E-state index contributed by atoms with van der Waals surface area (Å²) in [6, 6.07) is 16.3. The second kappa shape index (κ2) is 11.0.